The minimum atomic E-state index is -1.74. The number of ether oxygens (including phenoxy) is 3. The van der Waals surface area contributed by atoms with Gasteiger partial charge in [-0.2, -0.15) is 0 Å². The second-order valence-electron chi connectivity index (χ2n) is 6.26. The quantitative estimate of drug-likeness (QED) is 0.226. The Morgan fingerprint density at radius 1 is 0.923 bits per heavy atom. The van der Waals surface area contributed by atoms with Gasteiger partial charge in [-0.25, -0.2) is 0 Å². The lowest BCUT2D eigenvalue weighted by atomic mass is 9.95. The number of hydrogen-bond acceptors (Lipinski definition) is 11. The van der Waals surface area contributed by atoms with Crippen LogP contribution in [0.3, 0.4) is 0 Å². The highest BCUT2D eigenvalue weighted by molar-refractivity contribution is 5.73. The molecule has 0 aromatic carbocycles. The van der Waals surface area contributed by atoms with Crippen LogP contribution in [0, 0.1) is 0 Å². The number of carbonyl (C=O) groups excluding carboxylic acids is 1. The molecule has 12 nitrogen and oxygen atoms in total. The molecular formula is C14H25NO11. The van der Waals surface area contributed by atoms with Gasteiger partial charge in [-0.15, -0.1) is 0 Å². The maximum absolute atomic E-state index is 11.4. The molecule has 8 N–H and O–H groups in total. The van der Waals surface area contributed by atoms with E-state index in [9.17, 15) is 40.5 Å². The molecule has 2 rings (SSSR count). The number of aliphatic hydroxyl groups is 7. The summed E-state index contributed by atoms with van der Waals surface area (Å²) in [5.74, 6) is -0.574. The van der Waals surface area contributed by atoms with Crippen molar-refractivity contribution in [3.63, 3.8) is 0 Å². The van der Waals surface area contributed by atoms with Crippen molar-refractivity contribution < 1.29 is 54.8 Å². The summed E-state index contributed by atoms with van der Waals surface area (Å²) in [5.41, 5.74) is 0. The number of aliphatic hydroxyl groups excluding tert-OH is 7. The van der Waals surface area contributed by atoms with Gasteiger partial charge in [0.05, 0.1) is 13.2 Å². The molecule has 0 aromatic heterocycles. The first-order valence-corrected chi connectivity index (χ1v) is 8.06. The number of amides is 1. The first kappa shape index (κ1) is 21.4. The lowest BCUT2D eigenvalue weighted by molar-refractivity contribution is -0.341. The topological polar surface area (TPSA) is 198 Å². The largest absolute Gasteiger partial charge is 0.394 e. The van der Waals surface area contributed by atoms with Crippen LogP contribution in [0.25, 0.3) is 0 Å². The molecule has 12 heteroatoms. The van der Waals surface area contributed by atoms with E-state index in [-0.39, 0.29) is 0 Å². The Morgan fingerprint density at radius 2 is 1.50 bits per heavy atom. The van der Waals surface area contributed by atoms with Crippen molar-refractivity contribution in [1.29, 1.82) is 0 Å². The Labute approximate surface area is 148 Å². The minimum absolute atomic E-state index is 0.574. The molecule has 0 spiro atoms. The molecule has 152 valence electrons. The van der Waals surface area contributed by atoms with E-state index in [0.717, 1.165) is 6.92 Å². The summed E-state index contributed by atoms with van der Waals surface area (Å²) >= 11 is 0. The maximum atomic E-state index is 11.4. The average Bonchev–Trinajstić information content (AvgIpc) is 2.60. The summed E-state index contributed by atoms with van der Waals surface area (Å²) in [6.07, 6.45) is -13.7. The first-order valence-electron chi connectivity index (χ1n) is 8.06. The van der Waals surface area contributed by atoms with Gasteiger partial charge in [0.25, 0.3) is 0 Å². The summed E-state index contributed by atoms with van der Waals surface area (Å²) in [6, 6.07) is -1.28. The molecule has 0 bridgehead atoms. The normalized spacial score (nSPS) is 46.8. The molecule has 2 aliphatic rings. The monoisotopic (exact) mass is 383 g/mol. The summed E-state index contributed by atoms with van der Waals surface area (Å²) in [6.45, 7) is -0.195. The van der Waals surface area contributed by atoms with Crippen LogP contribution in [0.1, 0.15) is 6.92 Å². The van der Waals surface area contributed by atoms with E-state index in [1.165, 1.54) is 0 Å². The Balaban J connectivity index is 2.21. The van der Waals surface area contributed by atoms with Crippen molar-refractivity contribution in [2.45, 2.75) is 68.3 Å². The van der Waals surface area contributed by atoms with Crippen molar-refractivity contribution >= 4 is 5.91 Å². The van der Waals surface area contributed by atoms with Crippen LogP contribution < -0.4 is 5.32 Å². The van der Waals surface area contributed by atoms with Crippen molar-refractivity contribution in [3.8, 4) is 0 Å². The third-order valence-electron chi connectivity index (χ3n) is 4.38. The molecular weight excluding hydrogens is 358 g/mol. The Morgan fingerprint density at radius 3 is 2.04 bits per heavy atom. The van der Waals surface area contributed by atoms with E-state index in [4.69, 9.17) is 14.2 Å². The summed E-state index contributed by atoms with van der Waals surface area (Å²) < 4.78 is 15.7. The molecule has 0 aromatic rings. The van der Waals surface area contributed by atoms with Gasteiger partial charge in [-0.3, -0.25) is 4.79 Å². The molecule has 2 heterocycles. The van der Waals surface area contributed by atoms with Gasteiger partial charge >= 0.3 is 0 Å². The second kappa shape index (κ2) is 8.84. The molecule has 10 atom stereocenters. The standard InChI is InChI=1S/C14H25NO11/c1-4(18)15-7-12(9(20)6(3-17)24-13(7)23)26-14-11(22)10(21)8(19)5(2-16)25-14/h5-14,16-17,19-23H,2-3H2,1H3,(H,15,18)/t5-,6-,7-,8-,9-,10+,11+,12-,13?,14-/m1/s1. The fourth-order valence-corrected chi connectivity index (χ4v) is 2.97. The molecule has 1 amide bonds. The molecule has 0 saturated carbocycles. The lowest BCUT2D eigenvalue weighted by Gasteiger charge is -2.46. The highest BCUT2D eigenvalue weighted by Gasteiger charge is 2.50. The van der Waals surface area contributed by atoms with Gasteiger partial charge in [0.15, 0.2) is 12.6 Å². The van der Waals surface area contributed by atoms with Crippen molar-refractivity contribution in [2.24, 2.45) is 0 Å². The SMILES string of the molecule is CC(=O)N[C@H]1C(O)O[C@H](CO)[C@@H](O)[C@@H]1O[C@H]1O[C@H](CO)[C@@H](O)[C@H](O)[C@@H]1O. The highest BCUT2D eigenvalue weighted by Crippen LogP contribution is 2.28. The van der Waals surface area contributed by atoms with Gasteiger partial charge in [0.2, 0.25) is 5.91 Å². The van der Waals surface area contributed by atoms with E-state index in [2.05, 4.69) is 5.32 Å². The third-order valence-corrected chi connectivity index (χ3v) is 4.38. The molecule has 2 fully saturated rings. The molecule has 0 radical (unpaired) electrons. The number of hydrogen-bond donors (Lipinski definition) is 8. The summed E-state index contributed by atoms with van der Waals surface area (Å²) in [4.78, 5) is 11.4. The van der Waals surface area contributed by atoms with Crippen LogP contribution >= 0.6 is 0 Å². The van der Waals surface area contributed by atoms with Gasteiger partial charge in [0.1, 0.15) is 48.8 Å². The minimum Gasteiger partial charge on any atom is -0.394 e. The van der Waals surface area contributed by atoms with Crippen molar-refractivity contribution in [3.05, 3.63) is 0 Å². The number of carbonyl (C=O) groups is 1. The number of rotatable bonds is 5. The summed E-state index contributed by atoms with van der Waals surface area (Å²) in [5, 5.41) is 70.7. The van der Waals surface area contributed by atoms with E-state index < -0.39 is 80.5 Å². The van der Waals surface area contributed by atoms with Crippen LogP contribution in [0.2, 0.25) is 0 Å². The third kappa shape index (κ3) is 4.31. The van der Waals surface area contributed by atoms with Gasteiger partial charge < -0.3 is 55.3 Å². The fraction of sp³-hybridized carbons (Fsp3) is 0.929. The van der Waals surface area contributed by atoms with Crippen LogP contribution in [-0.2, 0) is 19.0 Å². The predicted octanol–water partition coefficient (Wildman–Crippen LogP) is -5.25. The highest BCUT2D eigenvalue weighted by atomic mass is 16.7. The van der Waals surface area contributed by atoms with Crippen molar-refractivity contribution in [2.75, 3.05) is 13.2 Å². The molecule has 26 heavy (non-hydrogen) atoms. The fourth-order valence-electron chi connectivity index (χ4n) is 2.97. The van der Waals surface area contributed by atoms with E-state index in [1.54, 1.807) is 0 Å². The van der Waals surface area contributed by atoms with E-state index >= 15 is 0 Å². The zero-order valence-electron chi connectivity index (χ0n) is 14.0. The zero-order valence-corrected chi connectivity index (χ0v) is 14.0. The van der Waals surface area contributed by atoms with E-state index in [0.29, 0.717) is 0 Å². The molecule has 2 aliphatic heterocycles. The summed E-state index contributed by atoms with van der Waals surface area (Å²) in [7, 11) is 0. The van der Waals surface area contributed by atoms with E-state index in [1.807, 2.05) is 0 Å². The van der Waals surface area contributed by atoms with Gasteiger partial charge in [-0.1, -0.05) is 0 Å². The Kier molecular flexibility index (Phi) is 7.27. The lowest BCUT2D eigenvalue weighted by Crippen LogP contribution is -2.67. The number of nitrogens with one attached hydrogen (secondary N) is 1. The zero-order chi connectivity index (χ0) is 19.6. The second-order valence-corrected chi connectivity index (χ2v) is 6.26. The van der Waals surface area contributed by atoms with Crippen LogP contribution in [0.4, 0.5) is 0 Å². The maximum Gasteiger partial charge on any atom is 0.217 e. The molecule has 0 aliphatic carbocycles. The van der Waals surface area contributed by atoms with Gasteiger partial charge in [-0.05, 0) is 0 Å². The Hall–Kier alpha value is -0.930. The molecule has 2 saturated heterocycles. The predicted molar refractivity (Wildman–Crippen MR) is 80.2 cm³/mol. The first-order chi connectivity index (χ1) is 12.2. The molecule has 1 unspecified atom stereocenters. The van der Waals surface area contributed by atoms with Crippen LogP contribution in [0.15, 0.2) is 0 Å². The average molecular weight is 383 g/mol. The van der Waals surface area contributed by atoms with Gasteiger partial charge in [0, 0.05) is 6.92 Å². The Bertz CT molecular complexity index is 478. The smallest absolute Gasteiger partial charge is 0.217 e. The van der Waals surface area contributed by atoms with Crippen LogP contribution in [-0.4, -0.2) is 116 Å². The van der Waals surface area contributed by atoms with Crippen molar-refractivity contribution in [1.82, 2.24) is 5.32 Å². The van der Waals surface area contributed by atoms with Crippen LogP contribution in [0.5, 0.6) is 0 Å².